The van der Waals surface area contributed by atoms with Gasteiger partial charge in [-0.2, -0.15) is 0 Å². The van der Waals surface area contributed by atoms with E-state index in [0.717, 1.165) is 4.57 Å². The van der Waals surface area contributed by atoms with E-state index < -0.39 is 17.0 Å². The maximum atomic E-state index is 12.5. The Morgan fingerprint density at radius 1 is 1.28 bits per heavy atom. The normalized spacial score (nSPS) is 10.7. The van der Waals surface area contributed by atoms with Crippen molar-refractivity contribution in [1.82, 2.24) is 9.13 Å². The summed E-state index contributed by atoms with van der Waals surface area (Å²) in [5, 5.41) is 3.66. The molecule has 9 heteroatoms. The molecule has 25 heavy (non-hydrogen) atoms. The molecule has 0 aliphatic heterocycles. The Bertz CT molecular complexity index is 934. The van der Waals surface area contributed by atoms with Crippen LogP contribution in [0.4, 0.5) is 11.5 Å². The van der Waals surface area contributed by atoms with Gasteiger partial charge in [-0.15, -0.1) is 0 Å². The molecule has 134 valence electrons. The summed E-state index contributed by atoms with van der Waals surface area (Å²) in [5.74, 6) is -0.655. The molecule has 0 bridgehead atoms. The molecule has 0 aliphatic rings. The Hall–Kier alpha value is -2.25. The van der Waals surface area contributed by atoms with E-state index in [1.54, 1.807) is 12.1 Å². The molecule has 3 N–H and O–H groups in total. The number of nitrogens with zero attached hydrogens (tertiary/aromatic N) is 2. The molecule has 1 aromatic carbocycles. The minimum Gasteiger partial charge on any atom is -0.384 e. The number of ketones is 1. The fourth-order valence-corrected chi connectivity index (χ4v) is 2.86. The van der Waals surface area contributed by atoms with Crippen LogP contribution in [0.25, 0.3) is 0 Å². The summed E-state index contributed by atoms with van der Waals surface area (Å²) in [6.45, 7) is 1.98. The minimum atomic E-state index is -0.719. The van der Waals surface area contributed by atoms with Gasteiger partial charge in [0.25, 0.3) is 5.56 Å². The number of benzene rings is 1. The monoisotopic (exact) mass is 384 g/mol. The van der Waals surface area contributed by atoms with Gasteiger partial charge < -0.3 is 11.1 Å². The topological polar surface area (TPSA) is 99.1 Å². The van der Waals surface area contributed by atoms with Crippen LogP contribution >= 0.6 is 23.2 Å². The van der Waals surface area contributed by atoms with E-state index in [1.807, 2.05) is 6.92 Å². The first-order chi connectivity index (χ1) is 11.8. The molecule has 0 saturated heterocycles. The van der Waals surface area contributed by atoms with Gasteiger partial charge in [0.15, 0.2) is 5.78 Å². The molecule has 1 heterocycles. The van der Waals surface area contributed by atoms with Crippen LogP contribution in [0.2, 0.25) is 10.0 Å². The van der Waals surface area contributed by atoms with Crippen molar-refractivity contribution in [2.24, 2.45) is 7.05 Å². The quantitative estimate of drug-likeness (QED) is 0.743. The number of nitrogens with one attached hydrogen (secondary N) is 1. The van der Waals surface area contributed by atoms with Crippen LogP contribution in [0.5, 0.6) is 0 Å². The average molecular weight is 385 g/mol. The number of anilines is 2. The number of halogens is 2. The summed E-state index contributed by atoms with van der Waals surface area (Å²) >= 11 is 11.9. The highest BCUT2D eigenvalue weighted by molar-refractivity contribution is 6.36. The minimum absolute atomic E-state index is 0.121. The highest BCUT2D eigenvalue weighted by Crippen LogP contribution is 2.25. The molecule has 0 atom stereocenters. The molecular formula is C16H18Cl2N4O3. The summed E-state index contributed by atoms with van der Waals surface area (Å²) in [7, 11) is 1.32. The van der Waals surface area contributed by atoms with Crippen LogP contribution in [0.1, 0.15) is 23.7 Å². The van der Waals surface area contributed by atoms with Crippen LogP contribution in [0, 0.1) is 0 Å². The van der Waals surface area contributed by atoms with E-state index in [9.17, 15) is 14.4 Å². The van der Waals surface area contributed by atoms with Gasteiger partial charge in [0.05, 0.1) is 17.3 Å². The Kier molecular flexibility index (Phi) is 5.92. The SMILES string of the molecule is CCCn1c(N)c(C(=O)CNc2ccc(Cl)cc2Cl)c(=O)n(C)c1=O. The summed E-state index contributed by atoms with van der Waals surface area (Å²) in [6, 6.07) is 4.78. The predicted molar refractivity (Wildman–Crippen MR) is 99.9 cm³/mol. The number of carbonyl (C=O) groups is 1. The Balaban J connectivity index is 2.36. The largest absolute Gasteiger partial charge is 0.384 e. The molecule has 1 aromatic heterocycles. The highest BCUT2D eigenvalue weighted by atomic mass is 35.5. The maximum absolute atomic E-state index is 12.5. The zero-order chi connectivity index (χ0) is 18.7. The summed E-state index contributed by atoms with van der Waals surface area (Å²) in [4.78, 5) is 36.9. The molecule has 0 fully saturated rings. The third-order valence-electron chi connectivity index (χ3n) is 3.68. The first kappa shape index (κ1) is 19.1. The van der Waals surface area contributed by atoms with Crippen molar-refractivity contribution in [1.29, 1.82) is 0 Å². The molecule has 0 amide bonds. The fourth-order valence-electron chi connectivity index (χ4n) is 2.38. The van der Waals surface area contributed by atoms with Crippen molar-refractivity contribution in [3.63, 3.8) is 0 Å². The zero-order valence-corrected chi connectivity index (χ0v) is 15.3. The van der Waals surface area contributed by atoms with E-state index in [-0.39, 0.29) is 17.9 Å². The molecule has 0 spiro atoms. The number of hydrogen-bond acceptors (Lipinski definition) is 5. The van der Waals surface area contributed by atoms with Crippen molar-refractivity contribution in [2.45, 2.75) is 19.9 Å². The van der Waals surface area contributed by atoms with Gasteiger partial charge in [-0.05, 0) is 24.6 Å². The smallest absolute Gasteiger partial charge is 0.332 e. The van der Waals surface area contributed by atoms with Gasteiger partial charge >= 0.3 is 5.69 Å². The number of nitrogen functional groups attached to an aromatic ring is 1. The molecule has 7 nitrogen and oxygen atoms in total. The average Bonchev–Trinajstić information content (AvgIpc) is 2.56. The molecular weight excluding hydrogens is 367 g/mol. The third kappa shape index (κ3) is 3.88. The second-order valence-corrected chi connectivity index (χ2v) is 6.30. The second-order valence-electron chi connectivity index (χ2n) is 5.46. The maximum Gasteiger partial charge on any atom is 0.332 e. The fraction of sp³-hybridized carbons (Fsp3) is 0.312. The standard InChI is InChI=1S/C16H18Cl2N4O3/c1-3-6-22-14(19)13(15(24)21(2)16(22)25)12(23)8-20-11-5-4-9(17)7-10(11)18/h4-5,7,20H,3,6,8,19H2,1-2H3. The number of nitrogens with two attached hydrogens (primary N) is 1. The van der Waals surface area contributed by atoms with Crippen LogP contribution in [-0.2, 0) is 13.6 Å². The number of Topliss-reactive ketones (excluding diaryl/α,β-unsaturated/α-hetero) is 1. The van der Waals surface area contributed by atoms with Crippen molar-refractivity contribution in [3.8, 4) is 0 Å². The first-order valence-corrected chi connectivity index (χ1v) is 8.35. The Morgan fingerprint density at radius 2 is 1.96 bits per heavy atom. The van der Waals surface area contributed by atoms with E-state index >= 15 is 0 Å². The molecule has 2 rings (SSSR count). The zero-order valence-electron chi connectivity index (χ0n) is 13.8. The predicted octanol–water partition coefficient (Wildman–Crippen LogP) is 2.14. The number of hydrogen-bond donors (Lipinski definition) is 2. The summed E-state index contributed by atoms with van der Waals surface area (Å²) in [5.41, 5.74) is 4.93. The van der Waals surface area contributed by atoms with E-state index in [0.29, 0.717) is 28.7 Å². The van der Waals surface area contributed by atoms with Crippen molar-refractivity contribution in [2.75, 3.05) is 17.6 Å². The van der Waals surface area contributed by atoms with Crippen LogP contribution in [0.3, 0.4) is 0 Å². The molecule has 0 unspecified atom stereocenters. The molecule has 2 aromatic rings. The van der Waals surface area contributed by atoms with Gasteiger partial charge in [0.1, 0.15) is 11.4 Å². The third-order valence-corrected chi connectivity index (χ3v) is 4.23. The van der Waals surface area contributed by atoms with Crippen LogP contribution in [0.15, 0.2) is 27.8 Å². The number of rotatable bonds is 6. The lowest BCUT2D eigenvalue weighted by Crippen LogP contribution is -2.43. The Morgan fingerprint density at radius 3 is 2.56 bits per heavy atom. The summed E-state index contributed by atoms with van der Waals surface area (Å²) in [6.07, 6.45) is 0.634. The second kappa shape index (κ2) is 7.76. The lowest BCUT2D eigenvalue weighted by atomic mass is 10.2. The van der Waals surface area contributed by atoms with Crippen molar-refractivity contribution >= 4 is 40.5 Å². The van der Waals surface area contributed by atoms with Gasteiger partial charge in [-0.25, -0.2) is 4.79 Å². The van der Waals surface area contributed by atoms with Gasteiger partial charge in [-0.3, -0.25) is 18.7 Å². The van der Waals surface area contributed by atoms with Crippen molar-refractivity contribution < 1.29 is 4.79 Å². The van der Waals surface area contributed by atoms with Crippen molar-refractivity contribution in [3.05, 3.63) is 54.6 Å². The molecule has 0 aliphatic carbocycles. The van der Waals surface area contributed by atoms with Crippen LogP contribution in [-0.4, -0.2) is 21.5 Å². The van der Waals surface area contributed by atoms with Gasteiger partial charge in [0, 0.05) is 18.6 Å². The van der Waals surface area contributed by atoms with E-state index in [2.05, 4.69) is 5.32 Å². The highest BCUT2D eigenvalue weighted by Gasteiger charge is 2.21. The number of aromatic nitrogens is 2. The Labute approximate surface area is 154 Å². The first-order valence-electron chi connectivity index (χ1n) is 7.59. The summed E-state index contributed by atoms with van der Waals surface area (Å²) < 4.78 is 2.11. The van der Waals surface area contributed by atoms with Gasteiger partial charge in [0.2, 0.25) is 0 Å². The lowest BCUT2D eigenvalue weighted by Gasteiger charge is -2.14. The number of carbonyl (C=O) groups excluding carboxylic acids is 1. The van der Waals surface area contributed by atoms with E-state index in [1.165, 1.54) is 17.7 Å². The lowest BCUT2D eigenvalue weighted by molar-refractivity contribution is 0.100. The van der Waals surface area contributed by atoms with Gasteiger partial charge in [-0.1, -0.05) is 30.1 Å². The molecule has 0 radical (unpaired) electrons. The molecule has 0 saturated carbocycles. The van der Waals surface area contributed by atoms with Crippen LogP contribution < -0.4 is 22.3 Å². The van der Waals surface area contributed by atoms with E-state index in [4.69, 9.17) is 28.9 Å².